The molecule has 126 valence electrons. The van der Waals surface area contributed by atoms with E-state index in [1.807, 2.05) is 42.5 Å². The normalized spacial score (nSPS) is 11.2. The van der Waals surface area contributed by atoms with Crippen LogP contribution in [0, 0.1) is 0 Å². The highest BCUT2D eigenvalue weighted by Crippen LogP contribution is 2.23. The average molecular weight is 332 g/mol. The largest absolute Gasteiger partial charge is 0.402 e. The van der Waals surface area contributed by atoms with E-state index in [1.54, 1.807) is 24.3 Å². The summed E-state index contributed by atoms with van der Waals surface area (Å²) in [5.74, 6) is -0.258. The zero-order valence-corrected chi connectivity index (χ0v) is 14.6. The lowest BCUT2D eigenvalue weighted by Crippen LogP contribution is -2.13. The van der Waals surface area contributed by atoms with Crippen molar-refractivity contribution in [1.29, 1.82) is 0 Å². The van der Waals surface area contributed by atoms with Crippen LogP contribution in [0.15, 0.2) is 66.7 Å². The molecular weight excluding hydrogens is 312 g/mol. The van der Waals surface area contributed by atoms with Crippen LogP contribution >= 0.6 is 0 Å². The zero-order valence-electron chi connectivity index (χ0n) is 14.6. The Kier molecular flexibility index (Phi) is 4.61. The van der Waals surface area contributed by atoms with Gasteiger partial charge in [0.05, 0.1) is 11.3 Å². The molecule has 0 amide bonds. The maximum Gasteiger partial charge on any atom is 0.344 e. The van der Waals surface area contributed by atoms with E-state index >= 15 is 0 Å². The Balaban J connectivity index is 1.71. The Bertz CT molecular complexity index is 849. The van der Waals surface area contributed by atoms with Crippen LogP contribution in [-0.4, -0.2) is 16.2 Å². The minimum Gasteiger partial charge on any atom is -0.402 e. The molecule has 1 aromatic heterocycles. The van der Waals surface area contributed by atoms with Crippen LogP contribution in [0.1, 0.15) is 36.7 Å². The molecule has 1 heterocycles. The molecule has 0 bridgehead atoms. The average Bonchev–Trinajstić information content (AvgIpc) is 2.62. The van der Waals surface area contributed by atoms with Crippen molar-refractivity contribution < 1.29 is 9.53 Å². The third-order valence-electron chi connectivity index (χ3n) is 3.89. The Morgan fingerprint density at radius 2 is 1.52 bits per heavy atom. The van der Waals surface area contributed by atoms with Gasteiger partial charge in [0.15, 0.2) is 0 Å². The van der Waals surface area contributed by atoms with E-state index in [0.29, 0.717) is 5.56 Å². The number of hydrogen-bond acceptors (Lipinski definition) is 4. The summed E-state index contributed by atoms with van der Waals surface area (Å²) in [7, 11) is 0. The van der Waals surface area contributed by atoms with E-state index in [-0.39, 0.29) is 11.3 Å². The second-order valence-corrected chi connectivity index (χ2v) is 6.84. The Labute approximate surface area is 147 Å². The van der Waals surface area contributed by atoms with Gasteiger partial charge in [-0.25, -0.2) is 4.79 Å². The fraction of sp³-hybridized carbons (Fsp3) is 0.190. The summed E-state index contributed by atoms with van der Waals surface area (Å²) < 4.78 is 5.30. The van der Waals surface area contributed by atoms with Gasteiger partial charge in [-0.3, -0.25) is 0 Å². The standard InChI is InChI=1S/C21H20N2O2/c1-21(2,3)17-11-9-16(10-12-17)20(24)25-19-14-13-18(22-23-19)15-7-5-4-6-8-15/h4-14H,1-3H3. The van der Waals surface area contributed by atoms with Crippen molar-refractivity contribution in [1.82, 2.24) is 10.2 Å². The summed E-state index contributed by atoms with van der Waals surface area (Å²) in [5, 5.41) is 8.10. The van der Waals surface area contributed by atoms with Crippen LogP contribution in [0.4, 0.5) is 0 Å². The monoisotopic (exact) mass is 332 g/mol. The highest BCUT2D eigenvalue weighted by Gasteiger charge is 2.15. The van der Waals surface area contributed by atoms with Gasteiger partial charge < -0.3 is 4.74 Å². The smallest absolute Gasteiger partial charge is 0.344 e. The van der Waals surface area contributed by atoms with Gasteiger partial charge in [0.1, 0.15) is 0 Å². The molecule has 3 rings (SSSR count). The second kappa shape index (κ2) is 6.85. The number of hydrogen-bond donors (Lipinski definition) is 0. The van der Waals surface area contributed by atoms with Gasteiger partial charge in [0.25, 0.3) is 0 Å². The molecule has 0 fully saturated rings. The summed E-state index contributed by atoms with van der Waals surface area (Å²) >= 11 is 0. The Morgan fingerprint density at radius 1 is 0.840 bits per heavy atom. The summed E-state index contributed by atoms with van der Waals surface area (Å²) in [6.45, 7) is 6.39. The van der Waals surface area contributed by atoms with Crippen molar-refractivity contribution in [3.63, 3.8) is 0 Å². The van der Waals surface area contributed by atoms with E-state index in [4.69, 9.17) is 4.74 Å². The molecule has 0 saturated heterocycles. The van der Waals surface area contributed by atoms with Gasteiger partial charge in [-0.05, 0) is 29.2 Å². The van der Waals surface area contributed by atoms with E-state index in [9.17, 15) is 4.79 Å². The van der Waals surface area contributed by atoms with E-state index < -0.39 is 5.97 Å². The maximum atomic E-state index is 12.2. The van der Waals surface area contributed by atoms with Crippen molar-refractivity contribution in [3.05, 3.63) is 77.9 Å². The Hall–Kier alpha value is -3.01. The lowest BCUT2D eigenvalue weighted by atomic mass is 9.87. The van der Waals surface area contributed by atoms with Gasteiger partial charge in [0.2, 0.25) is 5.88 Å². The zero-order chi connectivity index (χ0) is 17.9. The molecule has 0 unspecified atom stereocenters. The van der Waals surface area contributed by atoms with E-state index in [0.717, 1.165) is 16.8 Å². The lowest BCUT2D eigenvalue weighted by Gasteiger charge is -2.18. The molecule has 0 N–H and O–H groups in total. The lowest BCUT2D eigenvalue weighted by molar-refractivity contribution is 0.0726. The number of aromatic nitrogens is 2. The van der Waals surface area contributed by atoms with Crippen LogP contribution in [0.5, 0.6) is 5.88 Å². The van der Waals surface area contributed by atoms with Crippen molar-refractivity contribution in [2.45, 2.75) is 26.2 Å². The number of rotatable bonds is 3. The van der Waals surface area contributed by atoms with E-state index in [1.165, 1.54) is 0 Å². The maximum absolute atomic E-state index is 12.2. The minimum atomic E-state index is -0.442. The van der Waals surface area contributed by atoms with Crippen molar-refractivity contribution in [2.75, 3.05) is 0 Å². The van der Waals surface area contributed by atoms with Crippen molar-refractivity contribution in [2.24, 2.45) is 0 Å². The number of benzene rings is 2. The molecule has 0 spiro atoms. The topological polar surface area (TPSA) is 52.1 Å². The summed E-state index contributed by atoms with van der Waals surface area (Å²) in [6.07, 6.45) is 0. The van der Waals surface area contributed by atoms with Crippen LogP contribution in [0.25, 0.3) is 11.3 Å². The summed E-state index contributed by atoms with van der Waals surface area (Å²) in [6, 6.07) is 20.6. The third kappa shape index (κ3) is 4.10. The first kappa shape index (κ1) is 16.8. The number of carbonyl (C=O) groups excluding carboxylic acids is 1. The van der Waals surface area contributed by atoms with Crippen LogP contribution in [-0.2, 0) is 5.41 Å². The molecule has 2 aromatic carbocycles. The SMILES string of the molecule is CC(C)(C)c1ccc(C(=O)Oc2ccc(-c3ccccc3)nn2)cc1. The molecule has 0 aliphatic heterocycles. The second-order valence-electron chi connectivity index (χ2n) is 6.84. The van der Waals surface area contributed by atoms with Gasteiger partial charge in [-0.2, -0.15) is 0 Å². The highest BCUT2D eigenvalue weighted by molar-refractivity contribution is 5.90. The van der Waals surface area contributed by atoms with Crippen LogP contribution in [0.2, 0.25) is 0 Å². The minimum absolute atomic E-state index is 0.0428. The molecule has 3 aromatic rings. The molecule has 0 aliphatic rings. The van der Waals surface area contributed by atoms with Crippen molar-refractivity contribution >= 4 is 5.97 Å². The molecule has 25 heavy (non-hydrogen) atoms. The van der Waals surface area contributed by atoms with Gasteiger partial charge in [-0.15, -0.1) is 10.2 Å². The first-order valence-electron chi connectivity index (χ1n) is 8.15. The fourth-order valence-corrected chi connectivity index (χ4v) is 2.40. The molecule has 0 saturated carbocycles. The third-order valence-corrected chi connectivity index (χ3v) is 3.89. The predicted molar refractivity (Wildman–Crippen MR) is 97.6 cm³/mol. The van der Waals surface area contributed by atoms with Gasteiger partial charge >= 0.3 is 5.97 Å². The first-order chi connectivity index (χ1) is 11.9. The van der Waals surface area contributed by atoms with Crippen molar-refractivity contribution in [3.8, 4) is 17.1 Å². The van der Waals surface area contributed by atoms with Gasteiger partial charge in [0, 0.05) is 11.6 Å². The highest BCUT2D eigenvalue weighted by atomic mass is 16.5. The molecule has 4 nitrogen and oxygen atoms in total. The van der Waals surface area contributed by atoms with Crippen LogP contribution < -0.4 is 4.74 Å². The molecule has 4 heteroatoms. The summed E-state index contributed by atoms with van der Waals surface area (Å²) in [4.78, 5) is 12.2. The number of carbonyl (C=O) groups is 1. The first-order valence-corrected chi connectivity index (χ1v) is 8.15. The number of nitrogens with zero attached hydrogens (tertiary/aromatic N) is 2. The predicted octanol–water partition coefficient (Wildman–Crippen LogP) is 4.66. The molecule has 0 aliphatic carbocycles. The Morgan fingerprint density at radius 3 is 2.08 bits per heavy atom. The molecule has 0 atom stereocenters. The number of esters is 1. The van der Waals surface area contributed by atoms with Gasteiger partial charge in [-0.1, -0.05) is 63.2 Å². The van der Waals surface area contributed by atoms with E-state index in [2.05, 4.69) is 31.0 Å². The molecular formula is C21H20N2O2. The number of ether oxygens (including phenoxy) is 1. The summed E-state index contributed by atoms with van der Waals surface area (Å²) in [5.41, 5.74) is 3.39. The fourth-order valence-electron chi connectivity index (χ4n) is 2.40. The quantitative estimate of drug-likeness (QED) is 0.655. The molecule has 0 radical (unpaired) electrons. The van der Waals surface area contributed by atoms with Crippen LogP contribution in [0.3, 0.4) is 0 Å².